The molecular weight excluding hydrogens is 236 g/mol. The van der Waals surface area contributed by atoms with E-state index in [0.29, 0.717) is 25.9 Å². The van der Waals surface area contributed by atoms with E-state index in [1.807, 2.05) is 0 Å². The van der Waals surface area contributed by atoms with Crippen LogP contribution in [0, 0.1) is 11.8 Å². The summed E-state index contributed by atoms with van der Waals surface area (Å²) in [5.41, 5.74) is 8.33. The molecule has 2 atom stereocenters. The third-order valence-corrected chi connectivity index (χ3v) is 3.52. The number of carbonyl (C=O) groups excluding carboxylic acids is 1. The van der Waals surface area contributed by atoms with Crippen molar-refractivity contribution in [2.75, 3.05) is 13.1 Å². The first kappa shape index (κ1) is 14.3. The summed E-state index contributed by atoms with van der Waals surface area (Å²) in [6.07, 6.45) is 1.29. The quantitative estimate of drug-likeness (QED) is 0.468. The van der Waals surface area contributed by atoms with Gasteiger partial charge in [0, 0.05) is 30.0 Å². The Morgan fingerprint density at radius 2 is 1.89 bits per heavy atom. The van der Waals surface area contributed by atoms with Gasteiger partial charge in [0.25, 0.3) is 0 Å². The number of hydrogen-bond donors (Lipinski definition) is 1. The lowest BCUT2D eigenvalue weighted by Crippen LogP contribution is -2.44. The highest BCUT2D eigenvalue weighted by Gasteiger charge is 2.31. The average molecular weight is 254 g/mol. The normalized spacial score (nSPS) is 19.8. The first-order valence-corrected chi connectivity index (χ1v) is 6.03. The number of carboxylic acids is 1. The minimum Gasteiger partial charge on any atom is -0.481 e. The van der Waals surface area contributed by atoms with E-state index in [0.717, 1.165) is 0 Å². The fraction of sp³-hybridized carbons (Fsp3) is 0.818. The fourth-order valence-corrected chi connectivity index (χ4v) is 1.99. The summed E-state index contributed by atoms with van der Waals surface area (Å²) in [6, 6.07) is -0.0498. The number of amides is 1. The molecule has 0 aromatic carbocycles. The van der Waals surface area contributed by atoms with Crippen LogP contribution in [0.4, 0.5) is 0 Å². The molecule has 7 nitrogen and oxygen atoms in total. The Kier molecular flexibility index (Phi) is 4.97. The Hall–Kier alpha value is -1.75. The standard InChI is InChI=1S/C11H18N4O3/c1-7(8(2)11(17)18)10(16)15-5-3-9(4-6-15)13-14-12/h7-9H,3-6H2,1-2H3,(H,17,18). The van der Waals surface area contributed by atoms with Crippen molar-refractivity contribution >= 4 is 11.9 Å². The molecule has 0 spiro atoms. The lowest BCUT2D eigenvalue weighted by atomic mass is 9.93. The summed E-state index contributed by atoms with van der Waals surface area (Å²) >= 11 is 0. The minimum atomic E-state index is -0.959. The molecule has 1 fully saturated rings. The molecule has 0 aromatic heterocycles. The van der Waals surface area contributed by atoms with Crippen molar-refractivity contribution in [1.29, 1.82) is 0 Å². The molecule has 100 valence electrons. The zero-order valence-electron chi connectivity index (χ0n) is 10.6. The van der Waals surface area contributed by atoms with Crippen LogP contribution in [0.25, 0.3) is 10.4 Å². The van der Waals surface area contributed by atoms with Crippen LogP contribution in [0.1, 0.15) is 26.7 Å². The molecule has 1 aliphatic heterocycles. The number of azide groups is 1. The van der Waals surface area contributed by atoms with Crippen molar-refractivity contribution in [2.45, 2.75) is 32.7 Å². The molecule has 1 heterocycles. The van der Waals surface area contributed by atoms with E-state index in [2.05, 4.69) is 10.0 Å². The van der Waals surface area contributed by atoms with E-state index in [4.69, 9.17) is 10.6 Å². The minimum absolute atomic E-state index is 0.0498. The van der Waals surface area contributed by atoms with Gasteiger partial charge < -0.3 is 10.0 Å². The Balaban J connectivity index is 2.54. The third kappa shape index (κ3) is 3.37. The summed E-state index contributed by atoms with van der Waals surface area (Å²) in [5, 5.41) is 12.5. The second-order valence-electron chi connectivity index (χ2n) is 4.68. The molecule has 1 amide bonds. The van der Waals surface area contributed by atoms with Crippen LogP contribution in [0.15, 0.2) is 5.11 Å². The highest BCUT2D eigenvalue weighted by Crippen LogP contribution is 2.19. The average Bonchev–Trinajstić information content (AvgIpc) is 2.37. The molecule has 18 heavy (non-hydrogen) atoms. The topological polar surface area (TPSA) is 106 Å². The monoisotopic (exact) mass is 254 g/mol. The van der Waals surface area contributed by atoms with E-state index in [1.54, 1.807) is 11.8 Å². The first-order valence-electron chi connectivity index (χ1n) is 6.03. The number of carboxylic acid groups (broad SMARTS) is 1. The second-order valence-corrected chi connectivity index (χ2v) is 4.68. The van der Waals surface area contributed by atoms with E-state index in [-0.39, 0.29) is 11.9 Å². The van der Waals surface area contributed by atoms with Crippen LogP contribution in [-0.4, -0.2) is 41.0 Å². The van der Waals surface area contributed by atoms with E-state index >= 15 is 0 Å². The lowest BCUT2D eigenvalue weighted by molar-refractivity contribution is -0.149. The fourth-order valence-electron chi connectivity index (χ4n) is 1.99. The van der Waals surface area contributed by atoms with Gasteiger partial charge in [-0.1, -0.05) is 19.0 Å². The van der Waals surface area contributed by atoms with Gasteiger partial charge in [0.15, 0.2) is 0 Å². The zero-order valence-corrected chi connectivity index (χ0v) is 10.6. The first-order chi connectivity index (χ1) is 8.47. The van der Waals surface area contributed by atoms with Crippen LogP contribution in [0.2, 0.25) is 0 Å². The summed E-state index contributed by atoms with van der Waals surface area (Å²) in [5.74, 6) is -2.31. The SMILES string of the molecule is CC(C(=O)O)C(C)C(=O)N1CCC(N=[N+]=[N-])CC1. The number of likely N-dealkylation sites (tertiary alicyclic amines) is 1. The van der Waals surface area contributed by atoms with Crippen molar-refractivity contribution < 1.29 is 14.7 Å². The van der Waals surface area contributed by atoms with Crippen molar-refractivity contribution in [2.24, 2.45) is 17.0 Å². The van der Waals surface area contributed by atoms with Gasteiger partial charge in [-0.2, -0.15) is 0 Å². The number of aliphatic carboxylic acids is 1. The highest BCUT2D eigenvalue weighted by molar-refractivity contribution is 5.84. The van der Waals surface area contributed by atoms with Gasteiger partial charge in [-0.25, -0.2) is 0 Å². The maximum atomic E-state index is 12.1. The van der Waals surface area contributed by atoms with Gasteiger partial charge in [-0.3, -0.25) is 9.59 Å². The van der Waals surface area contributed by atoms with Crippen molar-refractivity contribution in [1.82, 2.24) is 4.90 Å². The molecule has 0 aromatic rings. The van der Waals surface area contributed by atoms with Crippen molar-refractivity contribution in [3.63, 3.8) is 0 Å². The summed E-state index contributed by atoms with van der Waals surface area (Å²) in [6.45, 7) is 4.23. The number of hydrogen-bond acceptors (Lipinski definition) is 3. The molecule has 7 heteroatoms. The second kappa shape index (κ2) is 6.26. The smallest absolute Gasteiger partial charge is 0.307 e. The van der Waals surface area contributed by atoms with Crippen LogP contribution in [0.5, 0.6) is 0 Å². The Morgan fingerprint density at radius 1 is 1.33 bits per heavy atom. The van der Waals surface area contributed by atoms with Crippen LogP contribution < -0.4 is 0 Å². The zero-order chi connectivity index (χ0) is 13.7. The van der Waals surface area contributed by atoms with Crippen LogP contribution in [-0.2, 0) is 9.59 Å². The number of rotatable bonds is 4. The number of piperidine rings is 1. The molecular formula is C11H18N4O3. The maximum Gasteiger partial charge on any atom is 0.307 e. The molecule has 2 unspecified atom stereocenters. The third-order valence-electron chi connectivity index (χ3n) is 3.52. The molecule has 0 saturated carbocycles. The predicted octanol–water partition coefficient (Wildman–Crippen LogP) is 1.64. The van der Waals surface area contributed by atoms with Gasteiger partial charge in [-0.05, 0) is 18.4 Å². The van der Waals surface area contributed by atoms with Crippen LogP contribution in [0.3, 0.4) is 0 Å². The highest BCUT2D eigenvalue weighted by atomic mass is 16.4. The summed E-state index contributed by atoms with van der Waals surface area (Å²) in [7, 11) is 0. The molecule has 0 aliphatic carbocycles. The number of nitrogens with zero attached hydrogens (tertiary/aromatic N) is 4. The Morgan fingerprint density at radius 3 is 2.33 bits per heavy atom. The molecule has 0 radical (unpaired) electrons. The van der Waals surface area contributed by atoms with E-state index in [1.165, 1.54) is 6.92 Å². The van der Waals surface area contributed by atoms with Crippen molar-refractivity contribution in [3.8, 4) is 0 Å². The Bertz CT molecular complexity index is 370. The lowest BCUT2D eigenvalue weighted by Gasteiger charge is -2.32. The maximum absolute atomic E-state index is 12.1. The van der Waals surface area contributed by atoms with E-state index < -0.39 is 17.8 Å². The summed E-state index contributed by atoms with van der Waals surface area (Å²) < 4.78 is 0. The van der Waals surface area contributed by atoms with Gasteiger partial charge >= 0.3 is 5.97 Å². The predicted molar refractivity (Wildman–Crippen MR) is 64.7 cm³/mol. The van der Waals surface area contributed by atoms with E-state index in [9.17, 15) is 9.59 Å². The molecule has 0 bridgehead atoms. The molecule has 1 aliphatic rings. The molecule has 1 rings (SSSR count). The van der Waals surface area contributed by atoms with Gasteiger partial charge in [0.2, 0.25) is 5.91 Å². The van der Waals surface area contributed by atoms with Gasteiger partial charge in [0.1, 0.15) is 0 Å². The van der Waals surface area contributed by atoms with Gasteiger partial charge in [-0.15, -0.1) is 0 Å². The Labute approximate surface area is 105 Å². The summed E-state index contributed by atoms with van der Waals surface area (Å²) in [4.78, 5) is 27.3. The number of carbonyl (C=O) groups is 2. The largest absolute Gasteiger partial charge is 0.481 e. The van der Waals surface area contributed by atoms with Crippen molar-refractivity contribution in [3.05, 3.63) is 10.4 Å². The van der Waals surface area contributed by atoms with Gasteiger partial charge in [0.05, 0.1) is 5.92 Å². The van der Waals surface area contributed by atoms with Crippen LogP contribution >= 0.6 is 0 Å². The molecule has 1 N–H and O–H groups in total. The molecule has 1 saturated heterocycles.